The molecule has 4 aromatic rings. The van der Waals surface area contributed by atoms with Crippen molar-refractivity contribution in [3.8, 4) is 11.1 Å². The van der Waals surface area contributed by atoms with E-state index in [1.807, 2.05) is 54.7 Å². The van der Waals surface area contributed by atoms with E-state index in [2.05, 4.69) is 29.2 Å². The number of pyridine rings is 1. The molecule has 1 aromatic heterocycles. The lowest BCUT2D eigenvalue weighted by molar-refractivity contribution is -0.0238. The maximum absolute atomic E-state index is 13.0. The second kappa shape index (κ2) is 8.26. The molecule has 5 heteroatoms. The van der Waals surface area contributed by atoms with Crippen LogP contribution in [0.3, 0.4) is 0 Å². The quantitative estimate of drug-likeness (QED) is 0.450. The number of hydrogen-bond donors (Lipinski definition) is 1. The van der Waals surface area contributed by atoms with Gasteiger partial charge < -0.3 is 14.7 Å². The zero-order valence-corrected chi connectivity index (χ0v) is 18.9. The van der Waals surface area contributed by atoms with Crippen molar-refractivity contribution in [1.29, 1.82) is 0 Å². The number of piperidine rings is 1. The van der Waals surface area contributed by atoms with Gasteiger partial charge in [-0.25, -0.2) is 4.79 Å². The molecule has 0 bridgehead atoms. The molecule has 0 atom stereocenters. The Labute approximate surface area is 198 Å². The lowest BCUT2D eigenvalue weighted by atomic mass is 9.82. The highest BCUT2D eigenvalue weighted by Gasteiger charge is 2.37. The van der Waals surface area contributed by atoms with Crippen LogP contribution in [-0.4, -0.2) is 40.8 Å². The monoisotopic (exact) mass is 450 g/mol. The number of fused-ring (bicyclic) bond motifs is 4. The number of benzene rings is 3. The Kier molecular flexibility index (Phi) is 5.07. The fraction of sp³-hybridized carbons (Fsp3) is 0.241. The fourth-order valence-corrected chi connectivity index (χ4v) is 5.54. The highest BCUT2D eigenvalue weighted by atomic mass is 16.6. The van der Waals surface area contributed by atoms with Crippen molar-refractivity contribution < 1.29 is 14.6 Å². The summed E-state index contributed by atoms with van der Waals surface area (Å²) in [5.41, 5.74) is 4.77. The second-order valence-electron chi connectivity index (χ2n) is 9.23. The summed E-state index contributed by atoms with van der Waals surface area (Å²) in [6.07, 6.45) is 4.19. The van der Waals surface area contributed by atoms with Crippen molar-refractivity contribution in [2.75, 3.05) is 19.7 Å². The van der Waals surface area contributed by atoms with Gasteiger partial charge in [0.15, 0.2) is 0 Å². The van der Waals surface area contributed by atoms with Crippen molar-refractivity contribution in [1.82, 2.24) is 9.88 Å². The van der Waals surface area contributed by atoms with Gasteiger partial charge in [0, 0.05) is 36.8 Å². The van der Waals surface area contributed by atoms with Gasteiger partial charge in [0.25, 0.3) is 0 Å². The van der Waals surface area contributed by atoms with Gasteiger partial charge >= 0.3 is 6.09 Å². The lowest BCUT2D eigenvalue weighted by Gasteiger charge is -2.38. The van der Waals surface area contributed by atoms with Crippen LogP contribution in [0.2, 0.25) is 0 Å². The van der Waals surface area contributed by atoms with E-state index >= 15 is 0 Å². The van der Waals surface area contributed by atoms with Gasteiger partial charge in [0.1, 0.15) is 6.61 Å². The number of carbonyl (C=O) groups is 1. The van der Waals surface area contributed by atoms with Crippen LogP contribution in [0.4, 0.5) is 4.79 Å². The Morgan fingerprint density at radius 2 is 1.62 bits per heavy atom. The summed E-state index contributed by atoms with van der Waals surface area (Å²) in [5, 5.41) is 13.5. The van der Waals surface area contributed by atoms with E-state index in [4.69, 9.17) is 4.74 Å². The molecule has 2 aliphatic rings. The first-order valence-corrected chi connectivity index (χ1v) is 11.8. The molecule has 170 valence electrons. The van der Waals surface area contributed by atoms with Crippen LogP contribution in [0, 0.1) is 0 Å². The van der Waals surface area contributed by atoms with Crippen LogP contribution in [0.15, 0.2) is 85.2 Å². The van der Waals surface area contributed by atoms with Crippen molar-refractivity contribution in [3.05, 3.63) is 102 Å². The number of amides is 1. The number of ether oxygens (including phenoxy) is 1. The van der Waals surface area contributed by atoms with E-state index in [0.717, 1.165) is 16.3 Å². The number of carbonyl (C=O) groups excluding carboxylic acids is 1. The van der Waals surface area contributed by atoms with Crippen molar-refractivity contribution >= 4 is 16.9 Å². The third kappa shape index (κ3) is 3.44. The van der Waals surface area contributed by atoms with Gasteiger partial charge in [-0.15, -0.1) is 0 Å². The molecule has 5 nitrogen and oxygen atoms in total. The number of likely N-dealkylation sites (tertiary alicyclic amines) is 1. The zero-order valence-electron chi connectivity index (χ0n) is 18.9. The Balaban J connectivity index is 1.14. The average Bonchev–Trinajstić information content (AvgIpc) is 3.21. The molecule has 0 saturated carbocycles. The zero-order chi connectivity index (χ0) is 23.1. The molecule has 0 radical (unpaired) electrons. The topological polar surface area (TPSA) is 62.7 Å². The first-order valence-electron chi connectivity index (χ1n) is 11.8. The molecule has 2 heterocycles. The van der Waals surface area contributed by atoms with Gasteiger partial charge in [0.2, 0.25) is 0 Å². The van der Waals surface area contributed by atoms with Crippen LogP contribution in [0.25, 0.3) is 21.9 Å². The van der Waals surface area contributed by atoms with Crippen LogP contribution < -0.4 is 0 Å². The number of hydrogen-bond acceptors (Lipinski definition) is 4. The molecule has 3 aromatic carbocycles. The summed E-state index contributed by atoms with van der Waals surface area (Å²) in [5.74, 6) is 0.0439. The molecule has 0 spiro atoms. The van der Waals surface area contributed by atoms with E-state index in [0.29, 0.717) is 32.5 Å². The van der Waals surface area contributed by atoms with E-state index in [9.17, 15) is 9.90 Å². The van der Waals surface area contributed by atoms with Crippen LogP contribution in [0.1, 0.15) is 35.4 Å². The minimum atomic E-state index is -0.971. The Morgan fingerprint density at radius 3 is 2.32 bits per heavy atom. The largest absolute Gasteiger partial charge is 0.448 e. The normalized spacial score (nSPS) is 16.8. The molecular formula is C29H26N2O3. The molecular weight excluding hydrogens is 424 g/mol. The molecule has 1 fully saturated rings. The van der Waals surface area contributed by atoms with Crippen molar-refractivity contribution in [2.24, 2.45) is 0 Å². The summed E-state index contributed by atoms with van der Waals surface area (Å²) >= 11 is 0. The predicted octanol–water partition coefficient (Wildman–Crippen LogP) is 5.47. The fourth-order valence-electron chi connectivity index (χ4n) is 5.54. The number of aromatic nitrogens is 1. The number of rotatable bonds is 3. The summed E-state index contributed by atoms with van der Waals surface area (Å²) < 4.78 is 5.82. The predicted molar refractivity (Wildman–Crippen MR) is 132 cm³/mol. The van der Waals surface area contributed by atoms with E-state index < -0.39 is 5.60 Å². The molecule has 1 N–H and O–H groups in total. The first-order chi connectivity index (χ1) is 16.6. The van der Waals surface area contributed by atoms with Crippen molar-refractivity contribution in [3.63, 3.8) is 0 Å². The Bertz CT molecular complexity index is 1320. The van der Waals surface area contributed by atoms with E-state index in [1.165, 1.54) is 22.3 Å². The summed E-state index contributed by atoms with van der Waals surface area (Å²) in [6.45, 7) is 1.22. The lowest BCUT2D eigenvalue weighted by Crippen LogP contribution is -2.45. The SMILES string of the molecule is O=C(OCC1c2ccccc2-c2ccccc21)N1CCC(O)(c2cccc3cnccc23)CC1. The average molecular weight is 451 g/mol. The standard InChI is InChI=1S/C29H26N2O3/c32-28(34-19-26-24-9-3-1-7-22(24)23-8-2-4-10-25(23)26)31-16-13-29(33,14-17-31)27-11-5-6-20-18-30-15-12-21(20)27/h1-12,15,18,26,33H,13-14,16-17,19H2. The number of aliphatic hydroxyl groups is 1. The Hall–Kier alpha value is -3.70. The van der Waals surface area contributed by atoms with E-state index in [-0.39, 0.29) is 12.0 Å². The molecule has 0 unspecified atom stereocenters. The van der Waals surface area contributed by atoms with Crippen LogP contribution in [-0.2, 0) is 10.3 Å². The second-order valence-corrected chi connectivity index (χ2v) is 9.23. The molecule has 34 heavy (non-hydrogen) atoms. The highest BCUT2D eigenvalue weighted by molar-refractivity contribution is 5.85. The summed E-state index contributed by atoms with van der Waals surface area (Å²) in [6, 6.07) is 24.5. The third-order valence-electron chi connectivity index (χ3n) is 7.37. The van der Waals surface area contributed by atoms with Gasteiger partial charge in [0.05, 0.1) is 5.60 Å². The van der Waals surface area contributed by atoms with Gasteiger partial charge in [-0.3, -0.25) is 4.98 Å². The summed E-state index contributed by atoms with van der Waals surface area (Å²) in [7, 11) is 0. The smallest absolute Gasteiger partial charge is 0.409 e. The molecule has 1 aliphatic carbocycles. The maximum atomic E-state index is 13.0. The van der Waals surface area contributed by atoms with E-state index in [1.54, 1.807) is 11.1 Å². The molecule has 1 aliphatic heterocycles. The minimum absolute atomic E-state index is 0.0439. The molecule has 6 rings (SSSR count). The third-order valence-corrected chi connectivity index (χ3v) is 7.37. The number of nitrogens with zero attached hydrogens (tertiary/aromatic N) is 2. The van der Waals surface area contributed by atoms with Crippen LogP contribution >= 0.6 is 0 Å². The summed E-state index contributed by atoms with van der Waals surface area (Å²) in [4.78, 5) is 18.9. The molecule has 1 amide bonds. The van der Waals surface area contributed by atoms with Gasteiger partial charge in [-0.05, 0) is 52.1 Å². The van der Waals surface area contributed by atoms with Gasteiger partial charge in [-0.1, -0.05) is 66.7 Å². The maximum Gasteiger partial charge on any atom is 0.409 e. The minimum Gasteiger partial charge on any atom is -0.448 e. The van der Waals surface area contributed by atoms with Crippen LogP contribution in [0.5, 0.6) is 0 Å². The molecule has 1 saturated heterocycles. The highest BCUT2D eigenvalue weighted by Crippen LogP contribution is 2.44. The first kappa shape index (κ1) is 20.9. The van der Waals surface area contributed by atoms with Gasteiger partial charge in [-0.2, -0.15) is 0 Å². The Morgan fingerprint density at radius 1 is 0.941 bits per heavy atom. The van der Waals surface area contributed by atoms with Crippen molar-refractivity contribution in [2.45, 2.75) is 24.4 Å².